The zero-order valence-electron chi connectivity index (χ0n) is 51.9. The second kappa shape index (κ2) is 66.6. The summed E-state index contributed by atoms with van der Waals surface area (Å²) < 4.78 is 16.9. The minimum atomic E-state index is -0.801. The first-order valence-electron chi connectivity index (χ1n) is 33.4. The van der Waals surface area contributed by atoms with Gasteiger partial charge in [-0.25, -0.2) is 0 Å². The summed E-state index contributed by atoms with van der Waals surface area (Å²) in [6.45, 7) is 6.50. The summed E-state index contributed by atoms with van der Waals surface area (Å²) in [6, 6.07) is 0. The number of rotatable bonds is 60. The molecule has 0 fully saturated rings. The second-order valence-corrected chi connectivity index (χ2v) is 22.0. The van der Waals surface area contributed by atoms with E-state index in [1.54, 1.807) is 0 Å². The van der Waals surface area contributed by atoms with Crippen molar-refractivity contribution in [1.29, 1.82) is 0 Å². The first-order chi connectivity index (χ1) is 39.0. The molecule has 0 N–H and O–H groups in total. The van der Waals surface area contributed by atoms with Crippen LogP contribution in [0.15, 0.2) is 109 Å². The lowest BCUT2D eigenvalue weighted by atomic mass is 10.0. The lowest BCUT2D eigenvalue weighted by molar-refractivity contribution is -0.167. The highest BCUT2D eigenvalue weighted by Crippen LogP contribution is 2.17. The van der Waals surface area contributed by atoms with Crippen LogP contribution < -0.4 is 0 Å². The van der Waals surface area contributed by atoms with Crippen molar-refractivity contribution >= 4 is 17.9 Å². The average molecular weight is 1100 g/mol. The molecule has 0 saturated heterocycles. The Hall–Kier alpha value is -3.93. The van der Waals surface area contributed by atoms with Crippen LogP contribution in [-0.2, 0) is 28.6 Å². The highest BCUT2D eigenvalue weighted by Gasteiger charge is 2.19. The molecule has 0 saturated carbocycles. The van der Waals surface area contributed by atoms with Crippen molar-refractivity contribution in [1.82, 2.24) is 0 Å². The van der Waals surface area contributed by atoms with Crippen LogP contribution >= 0.6 is 0 Å². The fourth-order valence-electron chi connectivity index (χ4n) is 9.28. The molecule has 0 aliphatic carbocycles. The van der Waals surface area contributed by atoms with Gasteiger partial charge in [-0.2, -0.15) is 0 Å². The van der Waals surface area contributed by atoms with Crippen LogP contribution in [-0.4, -0.2) is 37.2 Å². The molecule has 0 aromatic carbocycles. The van der Waals surface area contributed by atoms with Gasteiger partial charge >= 0.3 is 17.9 Å². The predicted octanol–water partition coefficient (Wildman–Crippen LogP) is 23.0. The van der Waals surface area contributed by atoms with Crippen molar-refractivity contribution in [3.63, 3.8) is 0 Å². The smallest absolute Gasteiger partial charge is 0.306 e. The van der Waals surface area contributed by atoms with Crippen molar-refractivity contribution in [2.45, 2.75) is 322 Å². The van der Waals surface area contributed by atoms with Gasteiger partial charge in [0.05, 0.1) is 0 Å². The standard InChI is InChI=1S/C73H124O6/c1-4-7-10-13-16-19-22-25-27-29-31-33-34-35-36-37-38-40-41-43-45-48-51-54-57-60-63-66-72(75)78-69-70(68-77-71(74)65-62-59-56-53-50-47-24-21-18-15-12-9-6-3)79-73(76)67-64-61-58-55-52-49-46-44-42-39-32-30-28-26-23-20-17-14-11-8-5-2/h7,10,16,19,21,24-25,27,31,33,35-36,38,40,43,45,51,54,70H,4-6,8-9,11-15,17-18,20,22-23,26,28-30,32,34,37,39,41-42,44,46-50,52-53,55-69H2,1-3H3/b10-7-,19-16-,24-21-,27-25-,33-31-,36-35-,40-38-,45-43-,54-51-. The van der Waals surface area contributed by atoms with Gasteiger partial charge in [0.25, 0.3) is 0 Å². The van der Waals surface area contributed by atoms with Gasteiger partial charge in [-0.3, -0.25) is 14.4 Å². The Labute approximate surface area is 489 Å². The maximum Gasteiger partial charge on any atom is 0.306 e. The third-order valence-electron chi connectivity index (χ3n) is 14.3. The number of esters is 3. The van der Waals surface area contributed by atoms with Crippen LogP contribution in [0.3, 0.4) is 0 Å². The Morgan fingerprint density at radius 1 is 0.266 bits per heavy atom. The van der Waals surface area contributed by atoms with Crippen LogP contribution in [0.4, 0.5) is 0 Å². The Kier molecular flexibility index (Phi) is 63.3. The highest BCUT2D eigenvalue weighted by atomic mass is 16.6. The molecule has 0 amide bonds. The number of allylic oxidation sites excluding steroid dienone is 18. The Bertz CT molecular complexity index is 1590. The van der Waals surface area contributed by atoms with E-state index in [0.29, 0.717) is 19.3 Å². The third-order valence-corrected chi connectivity index (χ3v) is 14.3. The lowest BCUT2D eigenvalue weighted by Gasteiger charge is -2.18. The molecule has 1 unspecified atom stereocenters. The van der Waals surface area contributed by atoms with E-state index in [0.717, 1.165) is 116 Å². The molecule has 1 atom stereocenters. The van der Waals surface area contributed by atoms with Crippen molar-refractivity contribution in [2.24, 2.45) is 0 Å². The zero-order valence-corrected chi connectivity index (χ0v) is 51.9. The average Bonchev–Trinajstić information content (AvgIpc) is 3.45. The quantitative estimate of drug-likeness (QED) is 0.0261. The van der Waals surface area contributed by atoms with E-state index < -0.39 is 6.10 Å². The minimum absolute atomic E-state index is 0.0947. The van der Waals surface area contributed by atoms with E-state index in [4.69, 9.17) is 14.2 Å². The molecule has 0 bridgehead atoms. The van der Waals surface area contributed by atoms with E-state index in [2.05, 4.69) is 130 Å². The molecule has 0 aromatic heterocycles. The zero-order chi connectivity index (χ0) is 57.1. The van der Waals surface area contributed by atoms with Gasteiger partial charge in [-0.05, 0) is 109 Å². The van der Waals surface area contributed by atoms with E-state index in [1.165, 1.54) is 161 Å². The molecule has 0 aliphatic rings. The first-order valence-corrected chi connectivity index (χ1v) is 33.4. The largest absolute Gasteiger partial charge is 0.462 e. The van der Waals surface area contributed by atoms with Gasteiger partial charge in [0, 0.05) is 19.3 Å². The molecule has 0 aromatic rings. The number of unbranched alkanes of at least 4 members (excludes halogenated alkanes) is 31. The molecule has 0 radical (unpaired) electrons. The SMILES string of the molecule is CC/C=C\C/C=C\C/C=C\C/C=C\C/C=C\C/C=C\C/C=C\C/C=C\CCCCC(=O)OCC(COC(=O)CCCCCCC/C=C\CCCCCC)OC(=O)CCCCCCCCCCCCCCCCCCCCCCC. The Balaban J connectivity index is 4.40. The molecule has 6 heteroatoms. The summed E-state index contributed by atoms with van der Waals surface area (Å²) in [4.78, 5) is 38.3. The molecular weight excluding hydrogens is 973 g/mol. The van der Waals surface area contributed by atoms with Gasteiger partial charge in [-0.1, -0.05) is 297 Å². The number of carbonyl (C=O) groups excluding carboxylic acids is 3. The van der Waals surface area contributed by atoms with Crippen LogP contribution in [0.25, 0.3) is 0 Å². The van der Waals surface area contributed by atoms with Crippen molar-refractivity contribution < 1.29 is 28.6 Å². The topological polar surface area (TPSA) is 78.9 Å². The molecule has 0 rings (SSSR count). The third kappa shape index (κ3) is 64.8. The van der Waals surface area contributed by atoms with E-state index >= 15 is 0 Å². The number of carbonyl (C=O) groups is 3. The summed E-state index contributed by atoms with van der Waals surface area (Å²) >= 11 is 0. The molecule has 79 heavy (non-hydrogen) atoms. The van der Waals surface area contributed by atoms with Crippen LogP contribution in [0, 0.1) is 0 Å². The predicted molar refractivity (Wildman–Crippen MR) is 343 cm³/mol. The molecule has 6 nitrogen and oxygen atoms in total. The summed E-state index contributed by atoms with van der Waals surface area (Å²) in [5.41, 5.74) is 0. The van der Waals surface area contributed by atoms with Crippen molar-refractivity contribution in [2.75, 3.05) is 13.2 Å². The summed E-state index contributed by atoms with van der Waals surface area (Å²) in [5, 5.41) is 0. The monoisotopic (exact) mass is 1100 g/mol. The van der Waals surface area contributed by atoms with E-state index in [-0.39, 0.29) is 31.1 Å². The van der Waals surface area contributed by atoms with Gasteiger partial charge in [0.1, 0.15) is 13.2 Å². The van der Waals surface area contributed by atoms with Crippen LogP contribution in [0.1, 0.15) is 316 Å². The van der Waals surface area contributed by atoms with Crippen LogP contribution in [0.5, 0.6) is 0 Å². The fourth-order valence-corrected chi connectivity index (χ4v) is 9.28. The van der Waals surface area contributed by atoms with Gasteiger partial charge in [-0.15, -0.1) is 0 Å². The number of ether oxygens (including phenoxy) is 3. The second-order valence-electron chi connectivity index (χ2n) is 22.0. The fraction of sp³-hybridized carbons (Fsp3) is 0.712. The van der Waals surface area contributed by atoms with Gasteiger partial charge in [0.2, 0.25) is 0 Å². The van der Waals surface area contributed by atoms with E-state index in [1.807, 2.05) is 0 Å². The maximum atomic E-state index is 12.9. The van der Waals surface area contributed by atoms with Crippen molar-refractivity contribution in [3.05, 3.63) is 109 Å². The molecule has 452 valence electrons. The van der Waals surface area contributed by atoms with Crippen molar-refractivity contribution in [3.8, 4) is 0 Å². The number of hydrogen-bond donors (Lipinski definition) is 0. The summed E-state index contributed by atoms with van der Waals surface area (Å²) in [6.07, 6.45) is 91.0. The normalized spacial score (nSPS) is 12.8. The van der Waals surface area contributed by atoms with Gasteiger partial charge < -0.3 is 14.2 Å². The Morgan fingerprint density at radius 3 is 0.823 bits per heavy atom. The molecular formula is C73H124O6. The molecule has 0 spiro atoms. The highest BCUT2D eigenvalue weighted by molar-refractivity contribution is 5.71. The molecule has 0 aliphatic heterocycles. The van der Waals surface area contributed by atoms with E-state index in [9.17, 15) is 14.4 Å². The first kappa shape index (κ1) is 75.1. The summed E-state index contributed by atoms with van der Waals surface area (Å²) in [5.74, 6) is -0.937. The molecule has 0 heterocycles. The summed E-state index contributed by atoms with van der Waals surface area (Å²) in [7, 11) is 0. The van der Waals surface area contributed by atoms with Crippen LogP contribution in [0.2, 0.25) is 0 Å². The maximum absolute atomic E-state index is 12.9. The lowest BCUT2D eigenvalue weighted by Crippen LogP contribution is -2.30. The minimum Gasteiger partial charge on any atom is -0.462 e. The Morgan fingerprint density at radius 2 is 0.494 bits per heavy atom. The van der Waals surface area contributed by atoms with Gasteiger partial charge in [0.15, 0.2) is 6.10 Å². The number of hydrogen-bond acceptors (Lipinski definition) is 6.